The Morgan fingerprint density at radius 3 is 2.95 bits per heavy atom. The molecule has 0 aliphatic heterocycles. The van der Waals surface area contributed by atoms with Gasteiger partial charge in [-0.25, -0.2) is 9.97 Å². The SMILES string of the molecule is Clc1nc(NCc2cnc[nH]2)nc(-n2ccnc2)n1. The Labute approximate surface area is 112 Å². The summed E-state index contributed by atoms with van der Waals surface area (Å²) in [5, 5.41) is 3.16. The number of nitrogens with zero attached hydrogens (tertiary/aromatic N) is 6. The van der Waals surface area contributed by atoms with Crippen LogP contribution in [-0.2, 0) is 6.54 Å². The van der Waals surface area contributed by atoms with E-state index < -0.39 is 0 Å². The Hall–Kier alpha value is -2.48. The second-order valence-corrected chi connectivity index (χ2v) is 3.97. The second kappa shape index (κ2) is 5.02. The molecule has 0 spiro atoms. The van der Waals surface area contributed by atoms with E-state index in [9.17, 15) is 0 Å². The van der Waals surface area contributed by atoms with Gasteiger partial charge in [0.1, 0.15) is 6.33 Å². The summed E-state index contributed by atoms with van der Waals surface area (Å²) >= 11 is 5.87. The first-order valence-corrected chi connectivity index (χ1v) is 5.80. The van der Waals surface area contributed by atoms with Crippen molar-refractivity contribution in [1.29, 1.82) is 0 Å². The lowest BCUT2D eigenvalue weighted by molar-refractivity contribution is 0.886. The van der Waals surface area contributed by atoms with E-state index in [1.807, 2.05) is 0 Å². The lowest BCUT2D eigenvalue weighted by Crippen LogP contribution is -2.08. The van der Waals surface area contributed by atoms with Crippen LogP contribution >= 0.6 is 11.6 Å². The topological polar surface area (TPSA) is 97.2 Å². The molecule has 0 saturated heterocycles. The van der Waals surface area contributed by atoms with E-state index in [0.717, 1.165) is 5.69 Å². The Bertz CT molecular complexity index is 648. The van der Waals surface area contributed by atoms with Gasteiger partial charge in [-0.05, 0) is 11.6 Å². The van der Waals surface area contributed by atoms with Crippen LogP contribution in [0.3, 0.4) is 0 Å². The minimum Gasteiger partial charge on any atom is -0.348 e. The summed E-state index contributed by atoms with van der Waals surface area (Å²) in [5.74, 6) is 0.794. The van der Waals surface area contributed by atoms with Crippen molar-refractivity contribution in [3.63, 3.8) is 0 Å². The average Bonchev–Trinajstić information content (AvgIpc) is 3.09. The molecule has 0 atom stereocenters. The fourth-order valence-electron chi connectivity index (χ4n) is 1.47. The lowest BCUT2D eigenvalue weighted by Gasteiger charge is -2.05. The first kappa shape index (κ1) is 11.6. The second-order valence-electron chi connectivity index (χ2n) is 3.63. The summed E-state index contributed by atoms with van der Waals surface area (Å²) in [7, 11) is 0. The van der Waals surface area contributed by atoms with Crippen molar-refractivity contribution in [2.24, 2.45) is 0 Å². The van der Waals surface area contributed by atoms with Crippen molar-refractivity contribution in [3.8, 4) is 5.95 Å². The molecule has 8 nitrogen and oxygen atoms in total. The number of aromatic amines is 1. The molecule has 3 aromatic heterocycles. The third-order valence-electron chi connectivity index (χ3n) is 2.32. The molecule has 0 radical (unpaired) electrons. The molecule has 0 unspecified atom stereocenters. The molecular formula is C10H9ClN8. The van der Waals surface area contributed by atoms with Gasteiger partial charge in [0.05, 0.1) is 18.6 Å². The van der Waals surface area contributed by atoms with Gasteiger partial charge in [0.25, 0.3) is 0 Å². The van der Waals surface area contributed by atoms with E-state index in [1.54, 1.807) is 35.8 Å². The largest absolute Gasteiger partial charge is 0.348 e. The highest BCUT2D eigenvalue weighted by atomic mass is 35.5. The first-order valence-electron chi connectivity index (χ1n) is 5.42. The summed E-state index contributed by atoms with van der Waals surface area (Å²) in [6.07, 6.45) is 8.27. The zero-order chi connectivity index (χ0) is 13.1. The van der Waals surface area contributed by atoms with Crippen molar-refractivity contribution in [2.75, 3.05) is 5.32 Å². The van der Waals surface area contributed by atoms with Crippen LogP contribution in [0.5, 0.6) is 0 Å². The van der Waals surface area contributed by atoms with Gasteiger partial charge in [0.15, 0.2) is 0 Å². The lowest BCUT2D eigenvalue weighted by atomic mass is 10.5. The highest BCUT2D eigenvalue weighted by molar-refractivity contribution is 6.28. The summed E-state index contributed by atoms with van der Waals surface area (Å²) in [4.78, 5) is 23.1. The zero-order valence-corrected chi connectivity index (χ0v) is 10.4. The molecule has 3 rings (SSSR count). The number of aromatic nitrogens is 7. The Morgan fingerprint density at radius 1 is 1.26 bits per heavy atom. The molecule has 0 bridgehead atoms. The number of halogens is 1. The average molecular weight is 277 g/mol. The van der Waals surface area contributed by atoms with Gasteiger partial charge in [-0.1, -0.05) is 0 Å². The maximum atomic E-state index is 5.87. The molecule has 19 heavy (non-hydrogen) atoms. The Morgan fingerprint density at radius 2 is 2.21 bits per heavy atom. The van der Waals surface area contributed by atoms with Gasteiger partial charge in [0, 0.05) is 18.6 Å². The minimum absolute atomic E-state index is 0.116. The summed E-state index contributed by atoms with van der Waals surface area (Å²) in [6.45, 7) is 0.518. The predicted octanol–water partition coefficient (Wildman–Crippen LogP) is 1.05. The van der Waals surface area contributed by atoms with E-state index in [-0.39, 0.29) is 5.28 Å². The van der Waals surface area contributed by atoms with E-state index in [4.69, 9.17) is 11.6 Å². The van der Waals surface area contributed by atoms with Gasteiger partial charge in [-0.2, -0.15) is 15.0 Å². The standard InChI is InChI=1S/C10H9ClN8/c11-8-16-9(14-4-7-3-13-5-15-7)18-10(17-8)19-2-1-12-6-19/h1-3,5-6H,4H2,(H,13,15)(H,14,16,17,18). The van der Waals surface area contributed by atoms with Crippen LogP contribution in [0.4, 0.5) is 5.95 Å². The minimum atomic E-state index is 0.116. The molecule has 2 N–H and O–H groups in total. The van der Waals surface area contributed by atoms with E-state index in [1.165, 1.54) is 0 Å². The fourth-order valence-corrected chi connectivity index (χ4v) is 1.62. The molecule has 9 heteroatoms. The van der Waals surface area contributed by atoms with E-state index in [2.05, 4.69) is 35.2 Å². The third kappa shape index (κ3) is 2.68. The number of nitrogens with one attached hydrogen (secondary N) is 2. The molecule has 0 aliphatic rings. The smallest absolute Gasteiger partial charge is 0.241 e. The number of H-pyrrole nitrogens is 1. The van der Waals surface area contributed by atoms with Crippen LogP contribution < -0.4 is 5.32 Å². The van der Waals surface area contributed by atoms with Gasteiger partial charge in [-0.3, -0.25) is 4.57 Å². The predicted molar refractivity (Wildman–Crippen MR) is 67.9 cm³/mol. The monoisotopic (exact) mass is 276 g/mol. The fraction of sp³-hybridized carbons (Fsp3) is 0.100. The van der Waals surface area contributed by atoms with Crippen molar-refractivity contribution in [1.82, 2.24) is 34.5 Å². The summed E-state index contributed by atoms with van der Waals surface area (Å²) in [6, 6.07) is 0. The highest BCUT2D eigenvalue weighted by Crippen LogP contribution is 2.10. The quantitative estimate of drug-likeness (QED) is 0.739. The van der Waals surface area contributed by atoms with Crippen LogP contribution in [0.15, 0.2) is 31.2 Å². The molecule has 0 aliphatic carbocycles. The van der Waals surface area contributed by atoms with Crippen molar-refractivity contribution in [2.45, 2.75) is 6.54 Å². The van der Waals surface area contributed by atoms with Gasteiger partial charge >= 0.3 is 0 Å². The summed E-state index contributed by atoms with van der Waals surface area (Å²) < 4.78 is 1.65. The Balaban J connectivity index is 1.82. The van der Waals surface area contributed by atoms with Crippen LogP contribution in [0.2, 0.25) is 5.28 Å². The van der Waals surface area contributed by atoms with Gasteiger partial charge in [-0.15, -0.1) is 0 Å². The maximum Gasteiger partial charge on any atom is 0.241 e. The number of rotatable bonds is 4. The van der Waals surface area contributed by atoms with E-state index in [0.29, 0.717) is 18.4 Å². The number of imidazole rings is 2. The van der Waals surface area contributed by atoms with Crippen molar-refractivity contribution in [3.05, 3.63) is 42.2 Å². The van der Waals surface area contributed by atoms with Crippen molar-refractivity contribution >= 4 is 17.5 Å². The van der Waals surface area contributed by atoms with Crippen LogP contribution in [-0.4, -0.2) is 34.5 Å². The first-order chi connectivity index (χ1) is 9.31. The van der Waals surface area contributed by atoms with Crippen LogP contribution in [0, 0.1) is 0 Å². The van der Waals surface area contributed by atoms with Crippen molar-refractivity contribution < 1.29 is 0 Å². The van der Waals surface area contributed by atoms with Crippen LogP contribution in [0.1, 0.15) is 5.69 Å². The van der Waals surface area contributed by atoms with Gasteiger partial charge < -0.3 is 10.3 Å². The number of anilines is 1. The van der Waals surface area contributed by atoms with E-state index >= 15 is 0 Å². The molecule has 0 saturated carbocycles. The molecular weight excluding hydrogens is 268 g/mol. The van der Waals surface area contributed by atoms with Crippen LogP contribution in [0.25, 0.3) is 5.95 Å². The Kier molecular flexibility index (Phi) is 3.07. The number of hydrogen-bond acceptors (Lipinski definition) is 6. The molecule has 0 amide bonds. The summed E-state index contributed by atoms with van der Waals surface area (Å²) in [5.41, 5.74) is 0.917. The maximum absolute atomic E-state index is 5.87. The highest BCUT2D eigenvalue weighted by Gasteiger charge is 2.06. The third-order valence-corrected chi connectivity index (χ3v) is 2.49. The zero-order valence-electron chi connectivity index (χ0n) is 9.66. The molecule has 3 aromatic rings. The molecule has 0 fully saturated rings. The number of hydrogen-bond donors (Lipinski definition) is 2. The molecule has 3 heterocycles. The normalized spacial score (nSPS) is 10.6. The van der Waals surface area contributed by atoms with Gasteiger partial charge in [0.2, 0.25) is 17.2 Å². The molecule has 96 valence electrons. The molecule has 0 aromatic carbocycles.